The number of rotatable bonds is 5. The van der Waals surface area contributed by atoms with Crippen molar-refractivity contribution in [2.75, 3.05) is 38.1 Å². The van der Waals surface area contributed by atoms with E-state index in [-0.39, 0.29) is 0 Å². The molecule has 0 radical (unpaired) electrons. The molecule has 0 unspecified atom stereocenters. The molecule has 4 heteroatoms. The molecule has 3 rings (SSSR count). The molecule has 0 aliphatic carbocycles. The third kappa shape index (κ3) is 3.84. The Balaban J connectivity index is 1.62. The monoisotopic (exact) mass is 301 g/mol. The average molecular weight is 301 g/mol. The summed E-state index contributed by atoms with van der Waals surface area (Å²) in [5, 5.41) is 5.70. The topological polar surface area (TPSA) is 18.5 Å². The van der Waals surface area contributed by atoms with Crippen LogP contribution in [0.2, 0.25) is 0 Å². The maximum absolute atomic E-state index is 3.57. The van der Waals surface area contributed by atoms with Crippen LogP contribution in [0.15, 0.2) is 41.8 Å². The molecule has 0 bridgehead atoms. The first kappa shape index (κ1) is 14.6. The number of benzene rings is 1. The minimum Gasteiger partial charge on any atom is -0.369 e. The Morgan fingerprint density at radius 3 is 2.57 bits per heavy atom. The van der Waals surface area contributed by atoms with E-state index in [2.05, 4.69) is 63.9 Å². The molecule has 2 heterocycles. The Bertz CT molecular complexity index is 545. The molecule has 0 saturated carbocycles. The number of nitrogens with one attached hydrogen (secondary N) is 1. The molecule has 1 N–H and O–H groups in total. The lowest BCUT2D eigenvalue weighted by Crippen LogP contribution is -2.44. The highest BCUT2D eigenvalue weighted by Gasteiger charge is 2.16. The number of hydrogen-bond donors (Lipinski definition) is 1. The van der Waals surface area contributed by atoms with Crippen molar-refractivity contribution < 1.29 is 0 Å². The van der Waals surface area contributed by atoms with Crippen molar-refractivity contribution in [1.82, 2.24) is 10.2 Å². The van der Waals surface area contributed by atoms with Crippen molar-refractivity contribution in [3.63, 3.8) is 0 Å². The average Bonchev–Trinajstić information content (AvgIpc) is 3.02. The van der Waals surface area contributed by atoms with Gasteiger partial charge in [0.15, 0.2) is 0 Å². The summed E-state index contributed by atoms with van der Waals surface area (Å²) in [6.45, 7) is 6.43. The first-order valence-corrected chi connectivity index (χ1v) is 8.45. The summed E-state index contributed by atoms with van der Waals surface area (Å²) in [6.07, 6.45) is 0. The minimum atomic E-state index is 0.931. The summed E-state index contributed by atoms with van der Waals surface area (Å²) in [4.78, 5) is 6.31. The van der Waals surface area contributed by atoms with Gasteiger partial charge < -0.3 is 15.1 Å². The Kier molecular flexibility index (Phi) is 4.91. The number of para-hydroxylation sites is 1. The maximum atomic E-state index is 3.57. The molecule has 0 atom stereocenters. The second kappa shape index (κ2) is 7.07. The highest BCUT2D eigenvalue weighted by atomic mass is 32.1. The van der Waals surface area contributed by atoms with Crippen molar-refractivity contribution >= 4 is 17.0 Å². The lowest BCUT2D eigenvalue weighted by atomic mass is 10.1. The predicted octanol–water partition coefficient (Wildman–Crippen LogP) is 2.79. The van der Waals surface area contributed by atoms with Gasteiger partial charge in [0.1, 0.15) is 0 Å². The number of nitrogens with zero attached hydrogens (tertiary/aromatic N) is 2. The molecule has 2 aromatic rings. The van der Waals surface area contributed by atoms with Crippen LogP contribution in [0.5, 0.6) is 0 Å². The van der Waals surface area contributed by atoms with Gasteiger partial charge in [0.2, 0.25) is 0 Å². The summed E-state index contributed by atoms with van der Waals surface area (Å²) in [6, 6.07) is 13.1. The number of anilines is 1. The Hall–Kier alpha value is -1.36. The van der Waals surface area contributed by atoms with Gasteiger partial charge in [0.25, 0.3) is 0 Å². The predicted molar refractivity (Wildman–Crippen MR) is 91.0 cm³/mol. The summed E-state index contributed by atoms with van der Waals surface area (Å²) >= 11 is 1.81. The lowest BCUT2D eigenvalue weighted by molar-refractivity contribution is 0.312. The molecule has 21 heavy (non-hydrogen) atoms. The van der Waals surface area contributed by atoms with E-state index in [0.29, 0.717) is 0 Å². The van der Waals surface area contributed by atoms with Gasteiger partial charge in [0.05, 0.1) is 0 Å². The van der Waals surface area contributed by atoms with Crippen LogP contribution in [0, 0.1) is 0 Å². The van der Waals surface area contributed by atoms with E-state index in [0.717, 1.165) is 39.3 Å². The summed E-state index contributed by atoms with van der Waals surface area (Å²) < 4.78 is 0. The molecule has 0 amide bonds. The molecule has 1 fully saturated rings. The van der Waals surface area contributed by atoms with Gasteiger partial charge >= 0.3 is 0 Å². The smallest absolute Gasteiger partial charge is 0.0412 e. The van der Waals surface area contributed by atoms with Crippen LogP contribution in [0.25, 0.3) is 0 Å². The van der Waals surface area contributed by atoms with Crippen molar-refractivity contribution in [1.29, 1.82) is 0 Å². The van der Waals surface area contributed by atoms with E-state index in [1.807, 2.05) is 11.3 Å². The van der Waals surface area contributed by atoms with Crippen LogP contribution >= 0.6 is 11.3 Å². The summed E-state index contributed by atoms with van der Waals surface area (Å²) in [5.41, 5.74) is 2.79. The summed E-state index contributed by atoms with van der Waals surface area (Å²) in [7, 11) is 2.20. The van der Waals surface area contributed by atoms with Gasteiger partial charge in [-0.1, -0.05) is 24.3 Å². The molecule has 1 saturated heterocycles. The van der Waals surface area contributed by atoms with Crippen LogP contribution in [0.4, 0.5) is 5.69 Å². The van der Waals surface area contributed by atoms with Crippen molar-refractivity contribution in [3.8, 4) is 0 Å². The molecule has 1 aromatic heterocycles. The molecule has 3 nitrogen and oxygen atoms in total. The molecule has 1 aliphatic rings. The largest absolute Gasteiger partial charge is 0.369 e. The molecular formula is C17H23N3S. The van der Waals surface area contributed by atoms with Crippen LogP contribution in [-0.2, 0) is 13.1 Å². The number of hydrogen-bond acceptors (Lipinski definition) is 4. The fraction of sp³-hybridized carbons (Fsp3) is 0.412. The zero-order chi connectivity index (χ0) is 14.5. The fourth-order valence-corrected chi connectivity index (χ4v) is 3.42. The van der Waals surface area contributed by atoms with Gasteiger partial charge in [-0.2, -0.15) is 0 Å². The van der Waals surface area contributed by atoms with E-state index in [1.165, 1.54) is 16.1 Å². The molecule has 0 spiro atoms. The van der Waals surface area contributed by atoms with Gasteiger partial charge in [-0.15, -0.1) is 11.3 Å². The van der Waals surface area contributed by atoms with Crippen LogP contribution < -0.4 is 10.2 Å². The molecule has 1 aliphatic heterocycles. The van der Waals surface area contributed by atoms with E-state index < -0.39 is 0 Å². The molecule has 1 aromatic carbocycles. The zero-order valence-corrected chi connectivity index (χ0v) is 13.4. The first-order valence-electron chi connectivity index (χ1n) is 7.57. The molecular weight excluding hydrogens is 278 g/mol. The van der Waals surface area contributed by atoms with Crippen LogP contribution in [0.1, 0.15) is 10.4 Å². The highest BCUT2D eigenvalue weighted by molar-refractivity contribution is 7.09. The van der Waals surface area contributed by atoms with Gasteiger partial charge in [-0.3, -0.25) is 0 Å². The Morgan fingerprint density at radius 2 is 1.81 bits per heavy atom. The third-order valence-electron chi connectivity index (χ3n) is 4.03. The zero-order valence-electron chi connectivity index (χ0n) is 12.6. The highest BCUT2D eigenvalue weighted by Crippen LogP contribution is 2.21. The van der Waals surface area contributed by atoms with Crippen molar-refractivity contribution in [2.45, 2.75) is 13.1 Å². The second-order valence-electron chi connectivity index (χ2n) is 5.60. The number of piperazine rings is 1. The maximum Gasteiger partial charge on any atom is 0.0412 e. The Labute approximate surface area is 131 Å². The minimum absolute atomic E-state index is 0.931. The van der Waals surface area contributed by atoms with E-state index in [1.54, 1.807) is 0 Å². The molecule has 112 valence electrons. The first-order chi connectivity index (χ1) is 10.3. The van der Waals surface area contributed by atoms with E-state index in [4.69, 9.17) is 0 Å². The number of thiophene rings is 1. The standard InChI is InChI=1S/C17H23N3S/c1-19-8-10-20(11-9-19)17-7-3-2-5-15(17)13-18-14-16-6-4-12-21-16/h2-7,12,18H,8-11,13-14H2,1H3. The second-order valence-corrected chi connectivity index (χ2v) is 6.63. The van der Waals surface area contributed by atoms with Gasteiger partial charge in [-0.05, 0) is 30.1 Å². The fourth-order valence-electron chi connectivity index (χ4n) is 2.75. The van der Waals surface area contributed by atoms with Gasteiger partial charge in [0, 0.05) is 49.8 Å². The van der Waals surface area contributed by atoms with Crippen molar-refractivity contribution in [3.05, 3.63) is 52.2 Å². The van der Waals surface area contributed by atoms with Gasteiger partial charge in [-0.25, -0.2) is 0 Å². The van der Waals surface area contributed by atoms with Crippen molar-refractivity contribution in [2.24, 2.45) is 0 Å². The lowest BCUT2D eigenvalue weighted by Gasteiger charge is -2.35. The number of likely N-dealkylation sites (N-methyl/N-ethyl adjacent to an activating group) is 1. The normalized spacial score (nSPS) is 16.3. The van der Waals surface area contributed by atoms with E-state index in [9.17, 15) is 0 Å². The van der Waals surface area contributed by atoms with Crippen LogP contribution in [0.3, 0.4) is 0 Å². The SMILES string of the molecule is CN1CCN(c2ccccc2CNCc2cccs2)CC1. The quantitative estimate of drug-likeness (QED) is 0.916. The summed E-state index contributed by atoms with van der Waals surface area (Å²) in [5.74, 6) is 0. The third-order valence-corrected chi connectivity index (χ3v) is 4.91. The Morgan fingerprint density at radius 1 is 1.00 bits per heavy atom. The van der Waals surface area contributed by atoms with E-state index >= 15 is 0 Å². The van der Waals surface area contributed by atoms with Crippen LogP contribution in [-0.4, -0.2) is 38.1 Å².